The van der Waals surface area contributed by atoms with Crippen LogP contribution in [-0.2, 0) is 14.3 Å². The van der Waals surface area contributed by atoms with E-state index in [4.69, 9.17) is 17.0 Å². The third-order valence-corrected chi connectivity index (χ3v) is 8.61. The second-order valence-corrected chi connectivity index (χ2v) is 10.4. The fourth-order valence-electron chi connectivity index (χ4n) is 3.88. The molecule has 1 amide bonds. The summed E-state index contributed by atoms with van der Waals surface area (Å²) in [6, 6.07) is 17.6. The normalized spacial score (nSPS) is 20.0. The molecule has 0 saturated carbocycles. The van der Waals surface area contributed by atoms with E-state index in [1.807, 2.05) is 68.4 Å². The van der Waals surface area contributed by atoms with Gasteiger partial charge in [0.1, 0.15) is 4.91 Å². The number of thiocarbonyl (C=S) groups is 1. The monoisotopic (exact) mass is 467 g/mol. The van der Waals surface area contributed by atoms with E-state index in [1.54, 1.807) is 11.8 Å². The third-order valence-electron chi connectivity index (χ3n) is 5.28. The third kappa shape index (κ3) is 3.64. The molecule has 0 saturated heterocycles. The Kier molecular flexibility index (Phi) is 5.85. The maximum atomic E-state index is 12.6. The van der Waals surface area contributed by atoms with E-state index >= 15 is 0 Å². The number of benzene rings is 2. The van der Waals surface area contributed by atoms with Crippen LogP contribution in [0.1, 0.15) is 31.9 Å². The minimum atomic E-state index is -0.681. The standard InChI is InChI=1S/C24H21NO3S3/c1-14(26)25-17-13-9-8-12-16(17)18(21(29)24(25,2)3)23-30-19(15-10-6-5-7-11-15)20(31-23)22(27)28-4/h5-13H,1-4H3. The summed E-state index contributed by atoms with van der Waals surface area (Å²) in [7, 11) is 1.39. The summed E-state index contributed by atoms with van der Waals surface area (Å²) in [5, 5.41) is 0. The van der Waals surface area contributed by atoms with Crippen molar-refractivity contribution in [3.8, 4) is 0 Å². The topological polar surface area (TPSA) is 46.6 Å². The number of thioether (sulfide) groups is 2. The molecule has 4 rings (SSSR count). The molecule has 0 atom stereocenters. The summed E-state index contributed by atoms with van der Waals surface area (Å²) >= 11 is 8.86. The van der Waals surface area contributed by atoms with Gasteiger partial charge in [0.25, 0.3) is 0 Å². The molecule has 0 fully saturated rings. The zero-order chi connectivity index (χ0) is 22.3. The van der Waals surface area contributed by atoms with Gasteiger partial charge in [0, 0.05) is 23.0 Å². The Morgan fingerprint density at radius 1 is 1.00 bits per heavy atom. The molecular weight excluding hydrogens is 446 g/mol. The van der Waals surface area contributed by atoms with Crippen molar-refractivity contribution in [3.05, 3.63) is 74.9 Å². The Morgan fingerprint density at radius 3 is 2.29 bits per heavy atom. The minimum absolute atomic E-state index is 0.0612. The number of rotatable bonds is 2. The summed E-state index contributed by atoms with van der Waals surface area (Å²) < 4.78 is 5.99. The molecule has 0 spiro atoms. The molecule has 158 valence electrons. The summed E-state index contributed by atoms with van der Waals surface area (Å²) in [6.45, 7) is 5.48. The van der Waals surface area contributed by atoms with Gasteiger partial charge in [-0.15, -0.1) is 0 Å². The summed E-state index contributed by atoms with van der Waals surface area (Å²) in [4.78, 5) is 29.0. The smallest absolute Gasteiger partial charge is 0.345 e. The number of carbonyl (C=O) groups is 2. The van der Waals surface area contributed by atoms with Crippen molar-refractivity contribution in [2.45, 2.75) is 26.3 Å². The summed E-state index contributed by atoms with van der Waals surface area (Å²) in [5.41, 5.74) is 2.89. The highest BCUT2D eigenvalue weighted by molar-refractivity contribution is 8.32. The zero-order valence-corrected chi connectivity index (χ0v) is 20.0. The number of nitrogens with zero attached hydrogens (tertiary/aromatic N) is 1. The fraction of sp³-hybridized carbons (Fsp3) is 0.208. The van der Waals surface area contributed by atoms with Crippen molar-refractivity contribution in [1.29, 1.82) is 0 Å². The van der Waals surface area contributed by atoms with Crippen LogP contribution in [0.15, 0.2) is 63.7 Å². The quantitative estimate of drug-likeness (QED) is 0.312. The SMILES string of the molecule is COC(=O)C1=C(c2ccccc2)SC(=C2C(=S)C(C)(C)N(C(C)=O)c3ccccc32)S1. The van der Waals surface area contributed by atoms with Crippen molar-refractivity contribution in [2.24, 2.45) is 0 Å². The molecule has 2 aromatic carbocycles. The first-order chi connectivity index (χ1) is 14.8. The van der Waals surface area contributed by atoms with Gasteiger partial charge in [0.05, 0.1) is 27.4 Å². The fourth-order valence-corrected chi connectivity index (χ4v) is 7.04. The van der Waals surface area contributed by atoms with Crippen LogP contribution in [0.4, 0.5) is 5.69 Å². The van der Waals surface area contributed by atoms with Gasteiger partial charge in [-0.05, 0) is 25.5 Å². The maximum absolute atomic E-state index is 12.6. The number of carbonyl (C=O) groups excluding carboxylic acids is 2. The van der Waals surface area contributed by atoms with Gasteiger partial charge in [0.15, 0.2) is 0 Å². The number of anilines is 1. The molecule has 4 nitrogen and oxygen atoms in total. The van der Waals surface area contributed by atoms with E-state index in [0.29, 0.717) is 9.77 Å². The van der Waals surface area contributed by atoms with Crippen LogP contribution < -0.4 is 4.90 Å². The highest BCUT2D eigenvalue weighted by atomic mass is 32.2. The van der Waals surface area contributed by atoms with Crippen molar-refractivity contribution in [2.75, 3.05) is 12.0 Å². The second kappa shape index (κ2) is 8.30. The number of para-hydroxylation sites is 1. The van der Waals surface area contributed by atoms with Crippen LogP contribution in [0.5, 0.6) is 0 Å². The Balaban J connectivity index is 1.92. The molecular formula is C24H21NO3S3. The molecule has 2 aromatic rings. The largest absolute Gasteiger partial charge is 0.465 e. The molecule has 7 heteroatoms. The van der Waals surface area contributed by atoms with Gasteiger partial charge < -0.3 is 9.64 Å². The highest BCUT2D eigenvalue weighted by Gasteiger charge is 2.44. The van der Waals surface area contributed by atoms with Crippen LogP contribution in [0.3, 0.4) is 0 Å². The van der Waals surface area contributed by atoms with Gasteiger partial charge in [-0.3, -0.25) is 4.79 Å². The number of methoxy groups -OCH3 is 1. The molecule has 31 heavy (non-hydrogen) atoms. The lowest BCUT2D eigenvalue weighted by Gasteiger charge is -2.44. The van der Waals surface area contributed by atoms with E-state index in [1.165, 1.54) is 30.6 Å². The van der Waals surface area contributed by atoms with E-state index < -0.39 is 5.54 Å². The average molecular weight is 468 g/mol. The number of ether oxygens (including phenoxy) is 1. The minimum Gasteiger partial charge on any atom is -0.465 e. The van der Waals surface area contributed by atoms with Crippen molar-refractivity contribution < 1.29 is 14.3 Å². The molecule has 2 aliphatic heterocycles. The van der Waals surface area contributed by atoms with Crippen LogP contribution in [0.25, 0.3) is 10.5 Å². The molecule has 0 radical (unpaired) electrons. The number of amides is 1. The molecule has 0 unspecified atom stereocenters. The van der Waals surface area contributed by atoms with E-state index in [0.717, 1.165) is 31.5 Å². The lowest BCUT2D eigenvalue weighted by atomic mass is 9.83. The van der Waals surface area contributed by atoms with Gasteiger partial charge >= 0.3 is 5.97 Å². The first-order valence-electron chi connectivity index (χ1n) is 9.70. The van der Waals surface area contributed by atoms with Gasteiger partial charge in [-0.1, -0.05) is 84.3 Å². The number of hydrogen-bond donors (Lipinski definition) is 0. The first kappa shape index (κ1) is 21.9. The van der Waals surface area contributed by atoms with Crippen molar-refractivity contribution in [1.82, 2.24) is 0 Å². The van der Waals surface area contributed by atoms with Gasteiger partial charge in [0.2, 0.25) is 5.91 Å². The van der Waals surface area contributed by atoms with E-state index in [9.17, 15) is 9.59 Å². The summed E-state index contributed by atoms with van der Waals surface area (Å²) in [6.07, 6.45) is 0. The number of hydrogen-bond acceptors (Lipinski definition) is 6. The van der Waals surface area contributed by atoms with E-state index in [2.05, 4.69) is 0 Å². The zero-order valence-electron chi connectivity index (χ0n) is 17.6. The van der Waals surface area contributed by atoms with Crippen LogP contribution in [-0.4, -0.2) is 29.4 Å². The highest BCUT2D eigenvalue weighted by Crippen LogP contribution is 2.58. The second-order valence-electron chi connectivity index (χ2n) is 7.64. The van der Waals surface area contributed by atoms with Gasteiger partial charge in [-0.25, -0.2) is 4.79 Å². The molecule has 0 bridgehead atoms. The average Bonchev–Trinajstić information content (AvgIpc) is 3.19. The number of esters is 1. The lowest BCUT2D eigenvalue weighted by Crippen LogP contribution is -2.55. The Bertz CT molecular complexity index is 1170. The molecule has 0 N–H and O–H groups in total. The van der Waals surface area contributed by atoms with Crippen LogP contribution >= 0.6 is 35.7 Å². The van der Waals surface area contributed by atoms with Crippen LogP contribution in [0, 0.1) is 0 Å². The van der Waals surface area contributed by atoms with E-state index in [-0.39, 0.29) is 11.9 Å². The maximum Gasteiger partial charge on any atom is 0.345 e. The Labute approximate surface area is 195 Å². The Morgan fingerprint density at radius 2 is 1.65 bits per heavy atom. The molecule has 2 aliphatic rings. The van der Waals surface area contributed by atoms with Crippen molar-refractivity contribution in [3.63, 3.8) is 0 Å². The van der Waals surface area contributed by atoms with Crippen molar-refractivity contribution >= 4 is 68.6 Å². The van der Waals surface area contributed by atoms with Crippen LogP contribution in [0.2, 0.25) is 0 Å². The molecule has 0 aromatic heterocycles. The first-order valence-corrected chi connectivity index (χ1v) is 11.7. The predicted molar refractivity (Wildman–Crippen MR) is 134 cm³/mol. The molecule has 0 aliphatic carbocycles. The summed E-state index contributed by atoms with van der Waals surface area (Å²) in [5.74, 6) is -0.430. The number of fused-ring (bicyclic) bond motifs is 1. The van der Waals surface area contributed by atoms with Gasteiger partial charge in [-0.2, -0.15) is 0 Å². The predicted octanol–water partition coefficient (Wildman–Crippen LogP) is 5.89. The molecule has 2 heterocycles. The Hall–Kier alpha value is -2.35. The lowest BCUT2D eigenvalue weighted by molar-refractivity contribution is -0.135.